The standard InChI is InChI=1S/C13H11N3O2/c1-18-13(17)9(6-14)12(15)10-7-16-11-5-3-2-4-8(10)11/h2-5,7,16H,15H2,1H3/b12-9-. The van der Waals surface area contributed by atoms with Gasteiger partial charge in [-0.15, -0.1) is 0 Å². The van der Waals surface area contributed by atoms with Crippen LogP contribution in [0.4, 0.5) is 0 Å². The van der Waals surface area contributed by atoms with Gasteiger partial charge in [0.2, 0.25) is 0 Å². The molecule has 5 heteroatoms. The number of nitriles is 1. The minimum Gasteiger partial charge on any atom is -0.465 e. The molecule has 0 aliphatic heterocycles. The van der Waals surface area contributed by atoms with E-state index in [9.17, 15) is 4.79 Å². The number of hydrogen-bond acceptors (Lipinski definition) is 4. The molecule has 1 aromatic carbocycles. The van der Waals surface area contributed by atoms with Gasteiger partial charge in [-0.05, 0) is 6.07 Å². The van der Waals surface area contributed by atoms with E-state index in [2.05, 4.69) is 9.72 Å². The summed E-state index contributed by atoms with van der Waals surface area (Å²) < 4.78 is 4.52. The van der Waals surface area contributed by atoms with Crippen molar-refractivity contribution in [1.82, 2.24) is 4.98 Å². The smallest absolute Gasteiger partial charge is 0.350 e. The fraction of sp³-hybridized carbons (Fsp3) is 0.0769. The molecule has 0 radical (unpaired) electrons. The first-order valence-electron chi connectivity index (χ1n) is 5.23. The lowest BCUT2D eigenvalue weighted by molar-refractivity contribution is -0.135. The minimum atomic E-state index is -0.736. The Morgan fingerprint density at radius 2 is 2.17 bits per heavy atom. The van der Waals surface area contributed by atoms with Crippen molar-refractivity contribution in [3.05, 3.63) is 41.6 Å². The molecule has 5 nitrogen and oxygen atoms in total. The van der Waals surface area contributed by atoms with Gasteiger partial charge in [0, 0.05) is 22.7 Å². The van der Waals surface area contributed by atoms with Crippen LogP contribution in [0.15, 0.2) is 36.0 Å². The first-order valence-corrected chi connectivity index (χ1v) is 5.23. The Labute approximate surface area is 103 Å². The fourth-order valence-corrected chi connectivity index (χ4v) is 1.75. The third-order valence-electron chi connectivity index (χ3n) is 2.65. The van der Waals surface area contributed by atoms with E-state index in [1.165, 1.54) is 7.11 Å². The largest absolute Gasteiger partial charge is 0.465 e. The molecule has 1 aromatic heterocycles. The van der Waals surface area contributed by atoms with E-state index in [4.69, 9.17) is 11.0 Å². The van der Waals surface area contributed by atoms with Crippen molar-refractivity contribution in [2.75, 3.05) is 7.11 Å². The summed E-state index contributed by atoms with van der Waals surface area (Å²) in [5, 5.41) is 9.82. The summed E-state index contributed by atoms with van der Waals surface area (Å²) >= 11 is 0. The number of fused-ring (bicyclic) bond motifs is 1. The van der Waals surface area contributed by atoms with Crippen LogP contribution >= 0.6 is 0 Å². The fourth-order valence-electron chi connectivity index (χ4n) is 1.75. The highest BCUT2D eigenvalue weighted by atomic mass is 16.5. The summed E-state index contributed by atoms with van der Waals surface area (Å²) in [6.07, 6.45) is 1.67. The highest BCUT2D eigenvalue weighted by Crippen LogP contribution is 2.24. The van der Waals surface area contributed by atoms with Gasteiger partial charge in [-0.3, -0.25) is 0 Å². The lowest BCUT2D eigenvalue weighted by Gasteiger charge is -2.03. The Bertz CT molecular complexity index is 677. The summed E-state index contributed by atoms with van der Waals surface area (Å²) in [4.78, 5) is 14.5. The zero-order chi connectivity index (χ0) is 13.1. The van der Waals surface area contributed by atoms with Crippen LogP contribution in [0.25, 0.3) is 16.6 Å². The van der Waals surface area contributed by atoms with Crippen LogP contribution in [0.5, 0.6) is 0 Å². The van der Waals surface area contributed by atoms with Gasteiger partial charge in [-0.25, -0.2) is 4.79 Å². The molecule has 2 aromatic rings. The van der Waals surface area contributed by atoms with Gasteiger partial charge in [0.1, 0.15) is 6.07 Å². The van der Waals surface area contributed by atoms with Crippen LogP contribution in [0.3, 0.4) is 0 Å². The van der Waals surface area contributed by atoms with Crippen LogP contribution in [-0.2, 0) is 9.53 Å². The Balaban J connectivity index is 2.64. The Morgan fingerprint density at radius 1 is 1.44 bits per heavy atom. The predicted octanol–water partition coefficient (Wildman–Crippen LogP) is 1.53. The van der Waals surface area contributed by atoms with Crippen molar-refractivity contribution in [3.8, 4) is 6.07 Å². The van der Waals surface area contributed by atoms with Crippen LogP contribution in [0, 0.1) is 11.3 Å². The average Bonchev–Trinajstić information content (AvgIpc) is 2.82. The van der Waals surface area contributed by atoms with E-state index in [0.717, 1.165) is 10.9 Å². The van der Waals surface area contributed by atoms with E-state index >= 15 is 0 Å². The second kappa shape index (κ2) is 4.63. The normalized spacial score (nSPS) is 11.8. The number of aromatic amines is 1. The number of carbonyl (C=O) groups is 1. The average molecular weight is 241 g/mol. The summed E-state index contributed by atoms with van der Waals surface area (Å²) in [5.74, 6) is -0.736. The van der Waals surface area contributed by atoms with Gasteiger partial charge in [0.05, 0.1) is 12.8 Å². The number of nitrogens with zero attached hydrogens (tertiary/aromatic N) is 1. The zero-order valence-electron chi connectivity index (χ0n) is 9.73. The van der Waals surface area contributed by atoms with Crippen molar-refractivity contribution < 1.29 is 9.53 Å². The monoisotopic (exact) mass is 241 g/mol. The molecule has 0 unspecified atom stereocenters. The number of hydrogen-bond donors (Lipinski definition) is 2. The number of nitrogens with one attached hydrogen (secondary N) is 1. The lowest BCUT2D eigenvalue weighted by Crippen LogP contribution is -2.10. The van der Waals surface area contributed by atoms with E-state index < -0.39 is 5.97 Å². The molecule has 0 bridgehead atoms. The molecule has 0 aliphatic rings. The molecule has 0 fully saturated rings. The molecule has 0 atom stereocenters. The molecule has 0 spiro atoms. The van der Waals surface area contributed by atoms with E-state index in [1.807, 2.05) is 24.3 Å². The number of ether oxygens (including phenoxy) is 1. The van der Waals surface area contributed by atoms with Gasteiger partial charge >= 0.3 is 5.97 Å². The van der Waals surface area contributed by atoms with Gasteiger partial charge in [0.15, 0.2) is 5.57 Å². The third-order valence-corrected chi connectivity index (χ3v) is 2.65. The number of benzene rings is 1. The topological polar surface area (TPSA) is 91.9 Å². The summed E-state index contributed by atoms with van der Waals surface area (Å²) in [5.41, 5.74) is 7.30. The zero-order valence-corrected chi connectivity index (χ0v) is 9.73. The molecule has 0 amide bonds. The Morgan fingerprint density at radius 3 is 2.83 bits per heavy atom. The van der Waals surface area contributed by atoms with Crippen LogP contribution in [0.2, 0.25) is 0 Å². The number of rotatable bonds is 2. The number of esters is 1. The van der Waals surface area contributed by atoms with Crippen molar-refractivity contribution in [2.45, 2.75) is 0 Å². The van der Waals surface area contributed by atoms with E-state index in [0.29, 0.717) is 5.56 Å². The number of H-pyrrole nitrogens is 1. The van der Waals surface area contributed by atoms with Crippen molar-refractivity contribution in [2.24, 2.45) is 5.73 Å². The first-order chi connectivity index (χ1) is 8.69. The quantitative estimate of drug-likeness (QED) is 0.474. The summed E-state index contributed by atoms with van der Waals surface area (Å²) in [6.45, 7) is 0. The molecule has 90 valence electrons. The maximum atomic E-state index is 11.4. The van der Waals surface area contributed by atoms with Gasteiger partial charge in [-0.1, -0.05) is 18.2 Å². The first kappa shape index (κ1) is 11.7. The van der Waals surface area contributed by atoms with E-state index in [-0.39, 0.29) is 11.3 Å². The van der Waals surface area contributed by atoms with Crippen LogP contribution < -0.4 is 5.73 Å². The van der Waals surface area contributed by atoms with Gasteiger partial charge in [-0.2, -0.15) is 5.26 Å². The van der Waals surface area contributed by atoms with Crippen molar-refractivity contribution in [3.63, 3.8) is 0 Å². The molecular formula is C13H11N3O2. The molecule has 18 heavy (non-hydrogen) atoms. The van der Waals surface area contributed by atoms with Gasteiger partial charge < -0.3 is 15.5 Å². The SMILES string of the molecule is COC(=O)/C(C#N)=C(\N)c1c[nH]c2ccccc12. The number of para-hydroxylation sites is 1. The number of methoxy groups -OCH3 is 1. The highest BCUT2D eigenvalue weighted by Gasteiger charge is 2.17. The van der Waals surface area contributed by atoms with Gasteiger partial charge in [0.25, 0.3) is 0 Å². The molecular weight excluding hydrogens is 230 g/mol. The summed E-state index contributed by atoms with van der Waals surface area (Å²) in [6, 6.07) is 9.26. The molecule has 0 aliphatic carbocycles. The Hall–Kier alpha value is -2.74. The second-order valence-corrected chi connectivity index (χ2v) is 3.64. The molecule has 0 saturated carbocycles. The van der Waals surface area contributed by atoms with Crippen LogP contribution in [-0.4, -0.2) is 18.1 Å². The molecule has 3 N–H and O–H groups in total. The summed E-state index contributed by atoms with van der Waals surface area (Å²) in [7, 11) is 1.21. The maximum Gasteiger partial charge on any atom is 0.350 e. The maximum absolute atomic E-state index is 11.4. The number of carbonyl (C=O) groups excluding carboxylic acids is 1. The lowest BCUT2D eigenvalue weighted by atomic mass is 10.1. The second-order valence-electron chi connectivity index (χ2n) is 3.64. The third kappa shape index (κ3) is 1.80. The van der Waals surface area contributed by atoms with Crippen LogP contribution in [0.1, 0.15) is 5.56 Å². The molecule has 1 heterocycles. The Kier molecular flexibility index (Phi) is 3.02. The van der Waals surface area contributed by atoms with Crippen molar-refractivity contribution in [1.29, 1.82) is 5.26 Å². The highest BCUT2D eigenvalue weighted by molar-refractivity contribution is 6.04. The minimum absolute atomic E-state index is 0.113. The predicted molar refractivity (Wildman–Crippen MR) is 67.0 cm³/mol. The molecule has 2 rings (SSSR count). The van der Waals surface area contributed by atoms with Crippen molar-refractivity contribution >= 4 is 22.6 Å². The van der Waals surface area contributed by atoms with E-state index in [1.54, 1.807) is 12.3 Å². The number of aromatic nitrogens is 1. The molecule has 0 saturated heterocycles. The number of nitrogens with two attached hydrogens (primary N) is 1.